The van der Waals surface area contributed by atoms with Gasteiger partial charge in [-0.15, -0.1) is 0 Å². The van der Waals surface area contributed by atoms with E-state index in [1.165, 1.54) is 32.1 Å². The number of ketones is 2. The SMILES string of the molecule is O=C1CCCCCCCCCCCC1C(=O)c1ccccc1. The predicted octanol–water partition coefficient (Wildman–Crippen LogP) is 5.36. The first-order valence-electron chi connectivity index (χ1n) is 8.91. The molecule has 120 valence electrons. The highest BCUT2D eigenvalue weighted by Gasteiger charge is 2.26. The van der Waals surface area contributed by atoms with Gasteiger partial charge < -0.3 is 0 Å². The Balaban J connectivity index is 2.02. The molecule has 0 saturated heterocycles. The zero-order valence-corrected chi connectivity index (χ0v) is 13.6. The fraction of sp³-hybridized carbons (Fsp3) is 0.600. The average Bonchev–Trinajstić information content (AvgIpc) is 2.57. The summed E-state index contributed by atoms with van der Waals surface area (Å²) in [5.74, 6) is -0.225. The lowest BCUT2D eigenvalue weighted by molar-refractivity contribution is -0.121. The molecule has 0 amide bonds. The van der Waals surface area contributed by atoms with Crippen molar-refractivity contribution in [2.75, 3.05) is 0 Å². The summed E-state index contributed by atoms with van der Waals surface area (Å²) >= 11 is 0. The molecular weight excluding hydrogens is 272 g/mol. The molecule has 0 N–H and O–H groups in total. The summed E-state index contributed by atoms with van der Waals surface area (Å²) in [4.78, 5) is 25.2. The van der Waals surface area contributed by atoms with E-state index in [1.807, 2.05) is 30.3 Å². The third-order valence-corrected chi connectivity index (χ3v) is 4.68. The van der Waals surface area contributed by atoms with Crippen LogP contribution in [-0.4, -0.2) is 11.6 Å². The zero-order chi connectivity index (χ0) is 15.6. The predicted molar refractivity (Wildman–Crippen MR) is 90.1 cm³/mol. The Morgan fingerprint density at radius 1 is 0.773 bits per heavy atom. The average molecular weight is 300 g/mol. The van der Waals surface area contributed by atoms with Crippen molar-refractivity contribution < 1.29 is 9.59 Å². The van der Waals surface area contributed by atoms with Gasteiger partial charge in [0.25, 0.3) is 0 Å². The number of carbonyl (C=O) groups is 2. The van der Waals surface area contributed by atoms with Gasteiger partial charge >= 0.3 is 0 Å². The number of benzene rings is 1. The van der Waals surface area contributed by atoms with Crippen LogP contribution >= 0.6 is 0 Å². The summed E-state index contributed by atoms with van der Waals surface area (Å²) in [6, 6.07) is 9.31. The Hall–Kier alpha value is -1.44. The smallest absolute Gasteiger partial charge is 0.173 e. The van der Waals surface area contributed by atoms with Gasteiger partial charge in [-0.25, -0.2) is 0 Å². The van der Waals surface area contributed by atoms with Gasteiger partial charge in [0.1, 0.15) is 5.78 Å². The van der Waals surface area contributed by atoms with Gasteiger partial charge in [0.2, 0.25) is 0 Å². The molecule has 1 atom stereocenters. The third-order valence-electron chi connectivity index (χ3n) is 4.68. The van der Waals surface area contributed by atoms with Crippen LogP contribution in [0.2, 0.25) is 0 Å². The standard InChI is InChI=1S/C20H28O2/c21-19-16-12-7-5-3-1-2-4-6-11-15-18(19)20(22)17-13-9-8-10-14-17/h8-10,13-14,18H,1-7,11-12,15-16H2. The van der Waals surface area contributed by atoms with Crippen LogP contribution in [0.3, 0.4) is 0 Å². The molecule has 1 unspecified atom stereocenters. The minimum absolute atomic E-state index is 0.0282. The molecule has 0 bridgehead atoms. The molecule has 0 heterocycles. The summed E-state index contributed by atoms with van der Waals surface area (Å²) in [5.41, 5.74) is 0.685. The van der Waals surface area contributed by atoms with Gasteiger partial charge in [0.05, 0.1) is 5.92 Å². The molecule has 0 radical (unpaired) electrons. The summed E-state index contributed by atoms with van der Waals surface area (Å²) in [6.45, 7) is 0. The van der Waals surface area contributed by atoms with Crippen LogP contribution in [0.25, 0.3) is 0 Å². The maximum Gasteiger partial charge on any atom is 0.173 e. The molecule has 2 rings (SSSR count). The van der Waals surface area contributed by atoms with E-state index >= 15 is 0 Å². The topological polar surface area (TPSA) is 34.1 Å². The van der Waals surface area contributed by atoms with Crippen molar-refractivity contribution in [1.82, 2.24) is 0 Å². The summed E-state index contributed by atoms with van der Waals surface area (Å²) < 4.78 is 0. The number of hydrogen-bond acceptors (Lipinski definition) is 2. The largest absolute Gasteiger partial charge is 0.299 e. The Morgan fingerprint density at radius 3 is 1.95 bits per heavy atom. The Kier molecular flexibility index (Phi) is 7.35. The van der Waals surface area contributed by atoms with Crippen LogP contribution in [0.5, 0.6) is 0 Å². The summed E-state index contributed by atoms with van der Waals surface area (Å²) in [5, 5.41) is 0. The molecule has 0 spiro atoms. The first kappa shape index (κ1) is 16.9. The van der Waals surface area contributed by atoms with E-state index < -0.39 is 5.92 Å². The fourth-order valence-corrected chi connectivity index (χ4v) is 3.30. The molecule has 1 aliphatic carbocycles. The van der Waals surface area contributed by atoms with Gasteiger partial charge in [-0.1, -0.05) is 81.7 Å². The van der Waals surface area contributed by atoms with Crippen molar-refractivity contribution in [1.29, 1.82) is 0 Å². The molecule has 0 aromatic heterocycles. The molecule has 2 nitrogen and oxygen atoms in total. The van der Waals surface area contributed by atoms with E-state index in [1.54, 1.807) is 0 Å². The van der Waals surface area contributed by atoms with E-state index in [0.717, 1.165) is 32.1 Å². The minimum Gasteiger partial charge on any atom is -0.299 e. The molecule has 1 aromatic rings. The first-order valence-corrected chi connectivity index (χ1v) is 8.91. The number of carbonyl (C=O) groups excluding carboxylic acids is 2. The van der Waals surface area contributed by atoms with Crippen LogP contribution < -0.4 is 0 Å². The Morgan fingerprint density at radius 2 is 1.32 bits per heavy atom. The first-order chi connectivity index (χ1) is 10.8. The van der Waals surface area contributed by atoms with Crippen LogP contribution in [0.1, 0.15) is 81.0 Å². The molecule has 1 aromatic carbocycles. The fourth-order valence-electron chi connectivity index (χ4n) is 3.30. The maximum atomic E-state index is 12.7. The van der Waals surface area contributed by atoms with Gasteiger partial charge in [0, 0.05) is 12.0 Å². The van der Waals surface area contributed by atoms with Gasteiger partial charge in [-0.3, -0.25) is 9.59 Å². The highest BCUT2D eigenvalue weighted by atomic mass is 16.1. The molecule has 22 heavy (non-hydrogen) atoms. The van der Waals surface area contributed by atoms with Crippen molar-refractivity contribution >= 4 is 11.6 Å². The van der Waals surface area contributed by atoms with Crippen molar-refractivity contribution in [2.24, 2.45) is 5.92 Å². The Labute approximate surface area is 134 Å². The number of hydrogen-bond donors (Lipinski definition) is 0. The van der Waals surface area contributed by atoms with E-state index in [-0.39, 0.29) is 11.6 Å². The van der Waals surface area contributed by atoms with Crippen LogP contribution in [0, 0.1) is 5.92 Å². The third kappa shape index (κ3) is 5.40. The molecular formula is C20H28O2. The lowest BCUT2D eigenvalue weighted by Gasteiger charge is -2.15. The summed E-state index contributed by atoms with van der Waals surface area (Å²) in [7, 11) is 0. The highest BCUT2D eigenvalue weighted by Crippen LogP contribution is 2.22. The van der Waals surface area contributed by atoms with Crippen molar-refractivity contribution in [2.45, 2.75) is 70.6 Å². The van der Waals surface area contributed by atoms with Crippen LogP contribution in [0.15, 0.2) is 30.3 Å². The zero-order valence-electron chi connectivity index (χ0n) is 13.6. The number of rotatable bonds is 2. The van der Waals surface area contributed by atoms with Gasteiger partial charge in [-0.05, 0) is 12.8 Å². The lowest BCUT2D eigenvalue weighted by atomic mass is 9.87. The highest BCUT2D eigenvalue weighted by molar-refractivity contribution is 6.10. The van der Waals surface area contributed by atoms with Crippen LogP contribution in [0.4, 0.5) is 0 Å². The maximum absolute atomic E-state index is 12.7. The molecule has 2 heteroatoms. The lowest BCUT2D eigenvalue weighted by Crippen LogP contribution is -2.24. The van der Waals surface area contributed by atoms with Crippen molar-refractivity contribution in [3.8, 4) is 0 Å². The minimum atomic E-state index is -0.414. The van der Waals surface area contributed by atoms with E-state index in [4.69, 9.17) is 0 Å². The Bertz CT molecular complexity index is 464. The van der Waals surface area contributed by atoms with Crippen LogP contribution in [-0.2, 0) is 4.79 Å². The van der Waals surface area contributed by atoms with E-state index in [0.29, 0.717) is 12.0 Å². The molecule has 1 aliphatic rings. The van der Waals surface area contributed by atoms with Gasteiger partial charge in [-0.2, -0.15) is 0 Å². The summed E-state index contributed by atoms with van der Waals surface area (Å²) in [6.07, 6.45) is 11.9. The van der Waals surface area contributed by atoms with E-state index in [2.05, 4.69) is 0 Å². The molecule has 1 fully saturated rings. The van der Waals surface area contributed by atoms with E-state index in [9.17, 15) is 9.59 Å². The second-order valence-electron chi connectivity index (χ2n) is 6.47. The molecule has 1 saturated carbocycles. The number of Topliss-reactive ketones (excluding diaryl/α,β-unsaturated/α-hetero) is 2. The second kappa shape index (κ2) is 9.55. The van der Waals surface area contributed by atoms with Gasteiger partial charge in [0.15, 0.2) is 5.78 Å². The van der Waals surface area contributed by atoms with Crippen molar-refractivity contribution in [3.05, 3.63) is 35.9 Å². The monoisotopic (exact) mass is 300 g/mol. The van der Waals surface area contributed by atoms with Crippen molar-refractivity contribution in [3.63, 3.8) is 0 Å². The second-order valence-corrected chi connectivity index (χ2v) is 6.47. The quantitative estimate of drug-likeness (QED) is 0.544. The normalized spacial score (nSPS) is 22.2. The molecule has 0 aliphatic heterocycles.